The summed E-state index contributed by atoms with van der Waals surface area (Å²) in [4.78, 5) is 0. The summed E-state index contributed by atoms with van der Waals surface area (Å²) in [5.41, 5.74) is 3.81. The van der Waals surface area contributed by atoms with E-state index in [4.69, 9.17) is 11.2 Å². The van der Waals surface area contributed by atoms with Crippen LogP contribution in [0.15, 0.2) is 12.1 Å². The lowest BCUT2D eigenvalue weighted by Crippen LogP contribution is -2.12. The second-order valence-corrected chi connectivity index (χ2v) is 5.91. The minimum Gasteiger partial charge on any atom is -0.490 e. The first-order valence-electron chi connectivity index (χ1n) is 7.14. The number of rotatable bonds is 5. The quantitative estimate of drug-likeness (QED) is 0.683. The molecule has 0 aliphatic heterocycles. The van der Waals surface area contributed by atoms with Crippen LogP contribution in [-0.2, 0) is 6.42 Å². The molecule has 0 radical (unpaired) electrons. The summed E-state index contributed by atoms with van der Waals surface area (Å²) < 4.78 is 6.09. The molecule has 1 heteroatoms. The van der Waals surface area contributed by atoms with Gasteiger partial charge in [0.2, 0.25) is 0 Å². The van der Waals surface area contributed by atoms with E-state index < -0.39 is 0 Å². The van der Waals surface area contributed by atoms with Crippen LogP contribution in [0.3, 0.4) is 0 Å². The largest absolute Gasteiger partial charge is 0.490 e. The van der Waals surface area contributed by atoms with Gasteiger partial charge in [0.1, 0.15) is 5.75 Å². The molecule has 0 amide bonds. The number of hydrogen-bond acceptors (Lipinski definition) is 1. The van der Waals surface area contributed by atoms with Crippen molar-refractivity contribution in [3.63, 3.8) is 0 Å². The van der Waals surface area contributed by atoms with Crippen LogP contribution in [0.5, 0.6) is 5.75 Å². The van der Waals surface area contributed by atoms with Crippen molar-refractivity contribution in [2.24, 2.45) is 0 Å². The summed E-state index contributed by atoms with van der Waals surface area (Å²) in [5.74, 6) is 4.67. The SMILES string of the molecule is C#CCc1ccc(C(C)C)c(C(C)C)c1OC(C)C. The fourth-order valence-electron chi connectivity index (χ4n) is 2.38. The Morgan fingerprint density at radius 3 is 2.11 bits per heavy atom. The first kappa shape index (κ1) is 15.6. The highest BCUT2D eigenvalue weighted by atomic mass is 16.5. The summed E-state index contributed by atoms with van der Waals surface area (Å²) >= 11 is 0. The van der Waals surface area contributed by atoms with Crippen LogP contribution in [0, 0.1) is 12.3 Å². The molecule has 1 aromatic carbocycles. The van der Waals surface area contributed by atoms with Gasteiger partial charge in [-0.05, 0) is 31.2 Å². The lowest BCUT2D eigenvalue weighted by atomic mass is 9.87. The van der Waals surface area contributed by atoms with Gasteiger partial charge >= 0.3 is 0 Å². The average molecular weight is 258 g/mol. The Morgan fingerprint density at radius 2 is 1.68 bits per heavy atom. The normalized spacial score (nSPS) is 11.2. The first-order valence-corrected chi connectivity index (χ1v) is 7.14. The molecule has 0 saturated carbocycles. The van der Waals surface area contributed by atoms with Crippen LogP contribution in [0.4, 0.5) is 0 Å². The van der Waals surface area contributed by atoms with E-state index in [0.29, 0.717) is 18.3 Å². The number of hydrogen-bond donors (Lipinski definition) is 0. The molecule has 104 valence electrons. The Hall–Kier alpha value is -1.42. The van der Waals surface area contributed by atoms with E-state index in [0.717, 1.165) is 11.3 Å². The Morgan fingerprint density at radius 1 is 1.05 bits per heavy atom. The molecule has 0 bridgehead atoms. The van der Waals surface area contributed by atoms with Crippen molar-refractivity contribution < 1.29 is 4.74 Å². The monoisotopic (exact) mass is 258 g/mol. The molecule has 0 aliphatic rings. The third-order valence-electron chi connectivity index (χ3n) is 3.16. The van der Waals surface area contributed by atoms with E-state index in [1.807, 2.05) is 0 Å². The molecule has 0 aliphatic carbocycles. The van der Waals surface area contributed by atoms with Crippen LogP contribution in [0.2, 0.25) is 0 Å². The zero-order valence-electron chi connectivity index (χ0n) is 13.1. The van der Waals surface area contributed by atoms with Crippen molar-refractivity contribution in [2.45, 2.75) is 65.9 Å². The van der Waals surface area contributed by atoms with Crippen molar-refractivity contribution in [3.8, 4) is 18.1 Å². The molecule has 1 aromatic rings. The molecule has 0 heterocycles. The van der Waals surface area contributed by atoms with Gasteiger partial charge in [-0.25, -0.2) is 0 Å². The van der Waals surface area contributed by atoms with Crippen molar-refractivity contribution in [1.82, 2.24) is 0 Å². The summed E-state index contributed by atoms with van der Waals surface area (Å²) in [5, 5.41) is 0. The van der Waals surface area contributed by atoms with Crippen LogP contribution in [0.25, 0.3) is 0 Å². The van der Waals surface area contributed by atoms with Gasteiger partial charge < -0.3 is 4.74 Å². The van der Waals surface area contributed by atoms with Gasteiger partial charge in [0.05, 0.1) is 6.10 Å². The molecule has 0 N–H and O–H groups in total. The van der Waals surface area contributed by atoms with Crippen LogP contribution < -0.4 is 4.74 Å². The number of benzene rings is 1. The van der Waals surface area contributed by atoms with Gasteiger partial charge in [0.25, 0.3) is 0 Å². The highest BCUT2D eigenvalue weighted by molar-refractivity contribution is 5.50. The van der Waals surface area contributed by atoms with Crippen LogP contribution in [0.1, 0.15) is 70.1 Å². The summed E-state index contributed by atoms with van der Waals surface area (Å²) in [6, 6.07) is 4.33. The van der Waals surface area contributed by atoms with Crippen molar-refractivity contribution in [2.75, 3.05) is 0 Å². The third kappa shape index (κ3) is 3.77. The molecule has 0 unspecified atom stereocenters. The molecular formula is C18H26O. The standard InChI is InChI=1S/C18H26O/c1-8-9-15-10-11-16(12(2)3)17(13(4)5)18(15)19-14(6)7/h1,10-14H,9H2,2-7H3. The maximum atomic E-state index is 6.09. The molecule has 0 fully saturated rings. The lowest BCUT2D eigenvalue weighted by Gasteiger charge is -2.24. The fraction of sp³-hybridized carbons (Fsp3) is 0.556. The summed E-state index contributed by atoms with van der Waals surface area (Å²) in [7, 11) is 0. The zero-order chi connectivity index (χ0) is 14.6. The Labute approximate surface area is 118 Å². The molecule has 0 saturated heterocycles. The maximum Gasteiger partial charge on any atom is 0.127 e. The predicted molar refractivity (Wildman–Crippen MR) is 82.9 cm³/mol. The minimum absolute atomic E-state index is 0.163. The van der Waals surface area contributed by atoms with Gasteiger partial charge in [0.15, 0.2) is 0 Å². The van der Waals surface area contributed by atoms with Crippen molar-refractivity contribution in [3.05, 3.63) is 28.8 Å². The smallest absolute Gasteiger partial charge is 0.127 e. The van der Waals surface area contributed by atoms with E-state index in [2.05, 4.69) is 59.6 Å². The van der Waals surface area contributed by atoms with E-state index in [9.17, 15) is 0 Å². The molecule has 1 rings (SSSR count). The van der Waals surface area contributed by atoms with Crippen molar-refractivity contribution in [1.29, 1.82) is 0 Å². The van der Waals surface area contributed by atoms with Gasteiger partial charge in [-0.3, -0.25) is 0 Å². The molecule has 0 atom stereocenters. The van der Waals surface area contributed by atoms with Gasteiger partial charge in [-0.1, -0.05) is 39.8 Å². The Balaban J connectivity index is 3.47. The topological polar surface area (TPSA) is 9.23 Å². The molecule has 19 heavy (non-hydrogen) atoms. The number of ether oxygens (including phenoxy) is 1. The maximum absolute atomic E-state index is 6.09. The Bertz CT molecular complexity index is 461. The zero-order valence-corrected chi connectivity index (χ0v) is 13.1. The Kier molecular flexibility index (Phi) is 5.48. The third-order valence-corrected chi connectivity index (χ3v) is 3.16. The van der Waals surface area contributed by atoms with Crippen LogP contribution >= 0.6 is 0 Å². The first-order chi connectivity index (χ1) is 8.88. The summed E-state index contributed by atoms with van der Waals surface area (Å²) in [6.07, 6.45) is 6.27. The van der Waals surface area contributed by atoms with E-state index in [1.165, 1.54) is 11.1 Å². The minimum atomic E-state index is 0.163. The summed E-state index contributed by atoms with van der Waals surface area (Å²) in [6.45, 7) is 13.0. The molecule has 0 aromatic heterocycles. The lowest BCUT2D eigenvalue weighted by molar-refractivity contribution is 0.236. The van der Waals surface area contributed by atoms with Crippen molar-refractivity contribution >= 4 is 0 Å². The van der Waals surface area contributed by atoms with E-state index >= 15 is 0 Å². The van der Waals surface area contributed by atoms with Crippen LogP contribution in [-0.4, -0.2) is 6.10 Å². The van der Waals surface area contributed by atoms with Gasteiger partial charge in [-0.2, -0.15) is 0 Å². The second kappa shape index (κ2) is 6.66. The molecular weight excluding hydrogens is 232 g/mol. The average Bonchev–Trinajstić information content (AvgIpc) is 2.29. The predicted octanol–water partition coefficient (Wildman–Crippen LogP) is 4.90. The van der Waals surface area contributed by atoms with Gasteiger partial charge in [-0.15, -0.1) is 12.3 Å². The van der Waals surface area contributed by atoms with E-state index in [-0.39, 0.29) is 6.10 Å². The molecule has 1 nitrogen and oxygen atoms in total. The number of terminal acetylenes is 1. The second-order valence-electron chi connectivity index (χ2n) is 5.91. The van der Waals surface area contributed by atoms with Gasteiger partial charge in [0, 0.05) is 17.5 Å². The highest BCUT2D eigenvalue weighted by Gasteiger charge is 2.19. The highest BCUT2D eigenvalue weighted by Crippen LogP contribution is 2.37. The molecule has 0 spiro atoms. The fourth-order valence-corrected chi connectivity index (χ4v) is 2.38. The van der Waals surface area contributed by atoms with E-state index in [1.54, 1.807) is 0 Å².